The lowest BCUT2D eigenvalue weighted by molar-refractivity contribution is 0.546. The molecule has 0 radical (unpaired) electrons. The smallest absolute Gasteiger partial charge is 0.136 e. The summed E-state index contributed by atoms with van der Waals surface area (Å²) in [6.45, 7) is 8.98. The topological polar surface area (TPSA) is 37.8 Å². The Kier molecular flexibility index (Phi) is 4.02. The van der Waals surface area contributed by atoms with Gasteiger partial charge in [-0.2, -0.15) is 0 Å². The van der Waals surface area contributed by atoms with Crippen LogP contribution < -0.4 is 5.32 Å². The van der Waals surface area contributed by atoms with E-state index in [1.54, 1.807) is 6.07 Å². The van der Waals surface area contributed by atoms with Crippen LogP contribution in [0.2, 0.25) is 0 Å². The zero-order valence-corrected chi connectivity index (χ0v) is 12.4. The lowest BCUT2D eigenvalue weighted by atomic mass is 9.95. The van der Waals surface area contributed by atoms with E-state index in [9.17, 15) is 4.39 Å². The molecular weight excluding hydrogens is 253 g/mol. The van der Waals surface area contributed by atoms with Crippen molar-refractivity contribution in [2.75, 3.05) is 11.9 Å². The Morgan fingerprint density at radius 2 is 1.90 bits per heavy atom. The molecule has 0 saturated carbocycles. The number of nitrogens with one attached hydrogen (secondary N) is 1. The van der Waals surface area contributed by atoms with Crippen molar-refractivity contribution in [2.45, 2.75) is 33.1 Å². The maximum absolute atomic E-state index is 13.4. The number of anilines is 1. The average molecular weight is 273 g/mol. The van der Waals surface area contributed by atoms with Crippen LogP contribution in [0.1, 0.15) is 33.5 Å². The SMILES string of the molecule is CCNc1cc(-c2cccc(F)c2)nc(C(C)(C)C)n1. The molecule has 1 aromatic carbocycles. The normalized spacial score (nSPS) is 11.4. The van der Waals surface area contributed by atoms with Crippen LogP contribution in [0.4, 0.5) is 10.2 Å². The molecular formula is C16H20FN3. The quantitative estimate of drug-likeness (QED) is 0.918. The van der Waals surface area contributed by atoms with E-state index < -0.39 is 0 Å². The minimum absolute atomic E-state index is 0.159. The summed E-state index contributed by atoms with van der Waals surface area (Å²) in [5.74, 6) is 1.25. The molecule has 0 atom stereocenters. The first kappa shape index (κ1) is 14.4. The van der Waals surface area contributed by atoms with Crippen molar-refractivity contribution in [1.82, 2.24) is 9.97 Å². The Morgan fingerprint density at radius 1 is 1.15 bits per heavy atom. The number of nitrogens with zero attached hydrogens (tertiary/aromatic N) is 2. The number of halogens is 1. The average Bonchev–Trinajstić information content (AvgIpc) is 2.38. The third-order valence-corrected chi connectivity index (χ3v) is 2.88. The molecule has 1 aromatic heterocycles. The Hall–Kier alpha value is -1.97. The van der Waals surface area contributed by atoms with Gasteiger partial charge in [0.05, 0.1) is 5.69 Å². The number of hydrogen-bond acceptors (Lipinski definition) is 3. The molecule has 0 fully saturated rings. The maximum atomic E-state index is 13.4. The van der Waals surface area contributed by atoms with Gasteiger partial charge in [0.2, 0.25) is 0 Å². The molecule has 2 rings (SSSR count). The Morgan fingerprint density at radius 3 is 2.50 bits per heavy atom. The molecule has 106 valence electrons. The third kappa shape index (κ3) is 3.32. The van der Waals surface area contributed by atoms with Gasteiger partial charge in [-0.25, -0.2) is 14.4 Å². The molecule has 0 saturated heterocycles. The van der Waals surface area contributed by atoms with E-state index in [1.807, 2.05) is 19.1 Å². The molecule has 0 aliphatic heterocycles. The van der Waals surface area contributed by atoms with Crippen molar-refractivity contribution in [1.29, 1.82) is 0 Å². The van der Waals surface area contributed by atoms with Crippen molar-refractivity contribution in [3.05, 3.63) is 42.0 Å². The summed E-state index contributed by atoms with van der Waals surface area (Å²) in [6, 6.07) is 8.32. The Bertz CT molecular complexity index is 603. The molecule has 0 aliphatic carbocycles. The van der Waals surface area contributed by atoms with E-state index in [2.05, 4.69) is 36.1 Å². The molecule has 0 spiro atoms. The second-order valence-corrected chi connectivity index (χ2v) is 5.75. The highest BCUT2D eigenvalue weighted by Crippen LogP contribution is 2.25. The van der Waals surface area contributed by atoms with Crippen LogP contribution in [0.3, 0.4) is 0 Å². The second kappa shape index (κ2) is 5.57. The lowest BCUT2D eigenvalue weighted by Gasteiger charge is -2.19. The summed E-state index contributed by atoms with van der Waals surface area (Å²) in [6.07, 6.45) is 0. The largest absolute Gasteiger partial charge is 0.370 e. The van der Waals surface area contributed by atoms with E-state index in [0.717, 1.165) is 29.4 Å². The van der Waals surface area contributed by atoms with E-state index in [0.29, 0.717) is 0 Å². The maximum Gasteiger partial charge on any atom is 0.136 e. The summed E-state index contributed by atoms with van der Waals surface area (Å²) >= 11 is 0. The van der Waals surface area contributed by atoms with Crippen molar-refractivity contribution in [3.63, 3.8) is 0 Å². The number of benzene rings is 1. The number of aromatic nitrogens is 2. The van der Waals surface area contributed by atoms with Crippen molar-refractivity contribution in [2.24, 2.45) is 0 Å². The Balaban J connectivity index is 2.54. The van der Waals surface area contributed by atoms with Crippen LogP contribution in [0, 0.1) is 5.82 Å². The lowest BCUT2D eigenvalue weighted by Crippen LogP contribution is -2.17. The molecule has 4 heteroatoms. The van der Waals surface area contributed by atoms with Crippen molar-refractivity contribution in [3.8, 4) is 11.3 Å². The molecule has 2 aromatic rings. The number of hydrogen-bond donors (Lipinski definition) is 1. The third-order valence-electron chi connectivity index (χ3n) is 2.88. The summed E-state index contributed by atoms with van der Waals surface area (Å²) < 4.78 is 13.4. The van der Waals surface area contributed by atoms with Gasteiger partial charge < -0.3 is 5.32 Å². The highest BCUT2D eigenvalue weighted by Gasteiger charge is 2.19. The van der Waals surface area contributed by atoms with Gasteiger partial charge in [-0.05, 0) is 19.1 Å². The zero-order chi connectivity index (χ0) is 14.8. The number of rotatable bonds is 3. The van der Waals surface area contributed by atoms with Crippen LogP contribution in [0.25, 0.3) is 11.3 Å². The van der Waals surface area contributed by atoms with Gasteiger partial charge in [-0.3, -0.25) is 0 Å². The molecule has 20 heavy (non-hydrogen) atoms. The summed E-state index contributed by atoms with van der Waals surface area (Å²) in [5, 5.41) is 3.20. The van der Waals surface area contributed by atoms with Gasteiger partial charge >= 0.3 is 0 Å². The van der Waals surface area contributed by atoms with Gasteiger partial charge in [-0.15, -0.1) is 0 Å². The van der Waals surface area contributed by atoms with Crippen LogP contribution in [-0.2, 0) is 5.41 Å². The zero-order valence-electron chi connectivity index (χ0n) is 12.4. The fourth-order valence-electron chi connectivity index (χ4n) is 1.85. The molecule has 0 bridgehead atoms. The van der Waals surface area contributed by atoms with E-state index in [1.165, 1.54) is 12.1 Å². The summed E-state index contributed by atoms with van der Waals surface area (Å²) in [4.78, 5) is 9.11. The summed E-state index contributed by atoms with van der Waals surface area (Å²) in [5.41, 5.74) is 1.34. The molecule has 1 heterocycles. The van der Waals surface area contributed by atoms with Crippen LogP contribution in [-0.4, -0.2) is 16.5 Å². The highest BCUT2D eigenvalue weighted by molar-refractivity contribution is 5.62. The van der Waals surface area contributed by atoms with Gasteiger partial charge in [-0.1, -0.05) is 32.9 Å². The van der Waals surface area contributed by atoms with Crippen molar-refractivity contribution >= 4 is 5.82 Å². The molecule has 0 aliphatic rings. The molecule has 1 N–H and O–H groups in total. The van der Waals surface area contributed by atoms with Gasteiger partial charge in [0.15, 0.2) is 0 Å². The van der Waals surface area contributed by atoms with Gasteiger partial charge in [0.25, 0.3) is 0 Å². The van der Waals surface area contributed by atoms with E-state index >= 15 is 0 Å². The first-order valence-corrected chi connectivity index (χ1v) is 6.79. The first-order valence-electron chi connectivity index (χ1n) is 6.79. The van der Waals surface area contributed by atoms with Crippen LogP contribution >= 0.6 is 0 Å². The predicted molar refractivity (Wildman–Crippen MR) is 80.3 cm³/mol. The van der Waals surface area contributed by atoms with Gasteiger partial charge in [0, 0.05) is 23.6 Å². The fraction of sp³-hybridized carbons (Fsp3) is 0.375. The minimum Gasteiger partial charge on any atom is -0.370 e. The molecule has 0 amide bonds. The summed E-state index contributed by atoms with van der Waals surface area (Å²) in [7, 11) is 0. The van der Waals surface area contributed by atoms with Crippen LogP contribution in [0.15, 0.2) is 30.3 Å². The fourth-order valence-corrected chi connectivity index (χ4v) is 1.85. The van der Waals surface area contributed by atoms with Crippen LogP contribution in [0.5, 0.6) is 0 Å². The van der Waals surface area contributed by atoms with Crippen molar-refractivity contribution < 1.29 is 4.39 Å². The Labute approximate surface area is 119 Å². The minimum atomic E-state index is -0.261. The van der Waals surface area contributed by atoms with E-state index in [4.69, 9.17) is 0 Å². The monoisotopic (exact) mass is 273 g/mol. The predicted octanol–water partition coefficient (Wildman–Crippen LogP) is 4.01. The highest BCUT2D eigenvalue weighted by atomic mass is 19.1. The molecule has 0 unspecified atom stereocenters. The second-order valence-electron chi connectivity index (χ2n) is 5.75. The van der Waals surface area contributed by atoms with E-state index in [-0.39, 0.29) is 11.2 Å². The standard InChI is InChI=1S/C16H20FN3/c1-5-18-14-10-13(11-7-6-8-12(17)9-11)19-15(20-14)16(2,3)4/h6-10H,5H2,1-4H3,(H,18,19,20). The molecule has 3 nitrogen and oxygen atoms in total. The first-order chi connectivity index (χ1) is 9.40. The van der Waals surface area contributed by atoms with Gasteiger partial charge in [0.1, 0.15) is 17.5 Å².